The Morgan fingerprint density at radius 1 is 1.19 bits per heavy atom. The molecule has 0 aliphatic carbocycles. The van der Waals surface area contributed by atoms with E-state index in [2.05, 4.69) is 5.32 Å². The number of rotatable bonds is 10. The van der Waals surface area contributed by atoms with Gasteiger partial charge in [-0.1, -0.05) is 20.3 Å². The number of methoxy groups -OCH3 is 1. The molecule has 6 heteroatoms. The van der Waals surface area contributed by atoms with Gasteiger partial charge in [0.25, 0.3) is 5.91 Å². The summed E-state index contributed by atoms with van der Waals surface area (Å²) in [5, 5.41) is 2.85. The molecule has 146 valence electrons. The number of amides is 1. The number of hydrogen-bond donors (Lipinski definition) is 1. The molecule has 1 unspecified atom stereocenters. The van der Waals surface area contributed by atoms with Crippen LogP contribution in [-0.4, -0.2) is 37.3 Å². The van der Waals surface area contributed by atoms with Gasteiger partial charge in [-0.2, -0.15) is 0 Å². The van der Waals surface area contributed by atoms with Gasteiger partial charge in [-0.15, -0.1) is 0 Å². The molecule has 0 aliphatic heterocycles. The molecule has 0 bridgehead atoms. The number of carbonyl (C=O) groups is 2. The number of anilines is 1. The van der Waals surface area contributed by atoms with Crippen LogP contribution in [0.4, 0.5) is 5.69 Å². The predicted octanol–water partition coefficient (Wildman–Crippen LogP) is 4.18. The quantitative estimate of drug-likeness (QED) is 0.630. The molecule has 1 N–H and O–H groups in total. The largest absolute Gasteiger partial charge is 0.490 e. The molecular weight excluding hydrogens is 334 g/mol. The van der Waals surface area contributed by atoms with E-state index >= 15 is 0 Å². The minimum absolute atomic E-state index is 0.0888. The zero-order valence-electron chi connectivity index (χ0n) is 16.7. The van der Waals surface area contributed by atoms with Crippen molar-refractivity contribution in [1.29, 1.82) is 0 Å². The fraction of sp³-hybridized carbons (Fsp3) is 0.600. The Kier molecular flexibility index (Phi) is 8.58. The second kappa shape index (κ2) is 10.2. The van der Waals surface area contributed by atoms with Gasteiger partial charge < -0.3 is 19.5 Å². The highest BCUT2D eigenvalue weighted by molar-refractivity contribution is 5.99. The topological polar surface area (TPSA) is 73.9 Å². The van der Waals surface area contributed by atoms with Crippen molar-refractivity contribution >= 4 is 17.6 Å². The normalized spacial score (nSPS) is 13.2. The molecule has 0 aromatic heterocycles. The maximum absolute atomic E-state index is 12.8. The standard InChI is InChI=1S/C20H31NO5/c1-7-11-20(5,25-12-8-2)19(23)21-15-9-10-17(26-14(3)4)16(13-15)18(22)24-6/h9-10,13-14H,7-8,11-12H2,1-6H3,(H,21,23). The van der Waals surface area contributed by atoms with Crippen LogP contribution in [0.3, 0.4) is 0 Å². The highest BCUT2D eigenvalue weighted by atomic mass is 16.5. The first-order chi connectivity index (χ1) is 12.3. The van der Waals surface area contributed by atoms with Crippen molar-refractivity contribution < 1.29 is 23.8 Å². The third kappa shape index (κ3) is 6.02. The Labute approximate surface area is 156 Å². The van der Waals surface area contributed by atoms with Crippen LogP contribution in [0, 0.1) is 0 Å². The summed E-state index contributed by atoms with van der Waals surface area (Å²) in [5.41, 5.74) is -0.150. The Hall–Kier alpha value is -2.08. The molecule has 1 aromatic rings. The zero-order chi connectivity index (χ0) is 19.7. The summed E-state index contributed by atoms with van der Waals surface area (Å²) in [6, 6.07) is 4.92. The van der Waals surface area contributed by atoms with Gasteiger partial charge in [-0.05, 0) is 51.8 Å². The molecule has 1 amide bonds. The summed E-state index contributed by atoms with van der Waals surface area (Å²) in [4.78, 5) is 24.8. The highest BCUT2D eigenvalue weighted by Crippen LogP contribution is 2.27. The van der Waals surface area contributed by atoms with Gasteiger partial charge in [0.15, 0.2) is 0 Å². The summed E-state index contributed by atoms with van der Waals surface area (Å²) >= 11 is 0. The van der Waals surface area contributed by atoms with Gasteiger partial charge in [-0.25, -0.2) is 4.79 Å². The zero-order valence-corrected chi connectivity index (χ0v) is 16.7. The first kappa shape index (κ1) is 22.0. The van der Waals surface area contributed by atoms with Crippen LogP contribution in [-0.2, 0) is 14.3 Å². The number of benzene rings is 1. The molecule has 0 saturated heterocycles. The molecule has 1 rings (SSSR count). The van der Waals surface area contributed by atoms with Crippen LogP contribution < -0.4 is 10.1 Å². The van der Waals surface area contributed by atoms with E-state index in [9.17, 15) is 9.59 Å². The molecule has 0 spiro atoms. The summed E-state index contributed by atoms with van der Waals surface area (Å²) in [5.74, 6) is -0.333. The molecular formula is C20H31NO5. The SMILES string of the molecule is CCCOC(C)(CCC)C(=O)Nc1ccc(OC(C)C)c(C(=O)OC)c1. The van der Waals surface area contributed by atoms with Crippen molar-refractivity contribution in [1.82, 2.24) is 0 Å². The summed E-state index contributed by atoms with van der Waals surface area (Å²) in [6.45, 7) is 10.1. The van der Waals surface area contributed by atoms with E-state index in [1.54, 1.807) is 25.1 Å². The Balaban J connectivity index is 3.07. The maximum Gasteiger partial charge on any atom is 0.341 e. The number of esters is 1. The van der Waals surface area contributed by atoms with Crippen LogP contribution >= 0.6 is 0 Å². The van der Waals surface area contributed by atoms with Crippen LogP contribution in [0.1, 0.15) is 64.2 Å². The fourth-order valence-electron chi connectivity index (χ4n) is 2.55. The van der Waals surface area contributed by atoms with E-state index in [0.717, 1.165) is 12.8 Å². The van der Waals surface area contributed by atoms with Gasteiger partial charge >= 0.3 is 5.97 Å². The number of ether oxygens (including phenoxy) is 3. The molecule has 1 atom stereocenters. The van der Waals surface area contributed by atoms with Crippen LogP contribution in [0.15, 0.2) is 18.2 Å². The Bertz CT molecular complexity index is 614. The lowest BCUT2D eigenvalue weighted by atomic mass is 9.98. The lowest BCUT2D eigenvalue weighted by Crippen LogP contribution is -2.43. The molecule has 0 fully saturated rings. The van der Waals surface area contributed by atoms with Crippen molar-refractivity contribution in [2.45, 2.75) is 65.6 Å². The van der Waals surface area contributed by atoms with Gasteiger partial charge in [0.2, 0.25) is 0 Å². The van der Waals surface area contributed by atoms with Gasteiger partial charge in [0, 0.05) is 12.3 Å². The monoisotopic (exact) mass is 365 g/mol. The Morgan fingerprint density at radius 2 is 1.88 bits per heavy atom. The van der Waals surface area contributed by atoms with Crippen LogP contribution in [0.25, 0.3) is 0 Å². The van der Waals surface area contributed by atoms with E-state index in [1.165, 1.54) is 7.11 Å². The fourth-order valence-corrected chi connectivity index (χ4v) is 2.55. The van der Waals surface area contributed by atoms with E-state index in [-0.39, 0.29) is 17.6 Å². The van der Waals surface area contributed by atoms with E-state index in [1.807, 2.05) is 27.7 Å². The average Bonchev–Trinajstić information content (AvgIpc) is 2.60. The van der Waals surface area contributed by atoms with Crippen molar-refractivity contribution in [3.63, 3.8) is 0 Å². The second-order valence-electron chi connectivity index (χ2n) is 6.65. The lowest BCUT2D eigenvalue weighted by molar-refractivity contribution is -0.140. The van der Waals surface area contributed by atoms with Crippen molar-refractivity contribution in [2.24, 2.45) is 0 Å². The van der Waals surface area contributed by atoms with Gasteiger partial charge in [-0.3, -0.25) is 4.79 Å². The number of hydrogen-bond acceptors (Lipinski definition) is 5. The van der Waals surface area contributed by atoms with E-state index in [4.69, 9.17) is 14.2 Å². The van der Waals surface area contributed by atoms with Crippen LogP contribution in [0.2, 0.25) is 0 Å². The van der Waals surface area contributed by atoms with E-state index < -0.39 is 11.6 Å². The maximum atomic E-state index is 12.8. The predicted molar refractivity (Wildman–Crippen MR) is 102 cm³/mol. The molecule has 6 nitrogen and oxygen atoms in total. The molecule has 26 heavy (non-hydrogen) atoms. The lowest BCUT2D eigenvalue weighted by Gasteiger charge is -2.28. The second-order valence-corrected chi connectivity index (χ2v) is 6.65. The molecule has 0 radical (unpaired) electrons. The molecule has 0 aliphatic rings. The first-order valence-electron chi connectivity index (χ1n) is 9.11. The van der Waals surface area contributed by atoms with Crippen molar-refractivity contribution in [2.75, 3.05) is 19.0 Å². The average molecular weight is 365 g/mol. The van der Waals surface area contributed by atoms with Gasteiger partial charge in [0.05, 0.1) is 13.2 Å². The minimum Gasteiger partial charge on any atom is -0.490 e. The summed E-state index contributed by atoms with van der Waals surface area (Å²) in [6.07, 6.45) is 2.17. The van der Waals surface area contributed by atoms with Crippen molar-refractivity contribution in [3.05, 3.63) is 23.8 Å². The highest BCUT2D eigenvalue weighted by Gasteiger charge is 2.33. The Morgan fingerprint density at radius 3 is 2.42 bits per heavy atom. The third-order valence-electron chi connectivity index (χ3n) is 3.84. The third-order valence-corrected chi connectivity index (χ3v) is 3.84. The van der Waals surface area contributed by atoms with Crippen LogP contribution in [0.5, 0.6) is 5.75 Å². The molecule has 0 heterocycles. The minimum atomic E-state index is -0.913. The number of carbonyl (C=O) groups excluding carboxylic acids is 2. The summed E-state index contributed by atoms with van der Waals surface area (Å²) in [7, 11) is 1.31. The number of nitrogens with one attached hydrogen (secondary N) is 1. The molecule has 0 saturated carbocycles. The van der Waals surface area contributed by atoms with E-state index in [0.29, 0.717) is 24.5 Å². The first-order valence-corrected chi connectivity index (χ1v) is 9.11. The van der Waals surface area contributed by atoms with Gasteiger partial charge in [0.1, 0.15) is 16.9 Å². The smallest absolute Gasteiger partial charge is 0.341 e. The summed E-state index contributed by atoms with van der Waals surface area (Å²) < 4.78 is 16.3. The molecule has 1 aromatic carbocycles. The van der Waals surface area contributed by atoms with Crippen molar-refractivity contribution in [3.8, 4) is 5.75 Å².